The molecule has 0 aliphatic carbocycles. The van der Waals surface area contributed by atoms with Gasteiger partial charge in [-0.3, -0.25) is 5.10 Å². The van der Waals surface area contributed by atoms with E-state index in [-0.39, 0.29) is 0 Å². The first-order chi connectivity index (χ1) is 9.31. The lowest BCUT2D eigenvalue weighted by Crippen LogP contribution is -2.36. The second-order valence-corrected chi connectivity index (χ2v) is 4.73. The summed E-state index contributed by atoms with van der Waals surface area (Å²) in [6.07, 6.45) is 4.20. The minimum Gasteiger partial charge on any atom is -0.385 e. The average Bonchev–Trinajstić information content (AvgIpc) is 2.88. The van der Waals surface area contributed by atoms with Crippen LogP contribution >= 0.6 is 0 Å². The van der Waals surface area contributed by atoms with Crippen molar-refractivity contribution in [1.82, 2.24) is 15.5 Å². The summed E-state index contributed by atoms with van der Waals surface area (Å²) in [5.41, 5.74) is 2.26. The van der Waals surface area contributed by atoms with E-state index in [2.05, 4.69) is 44.8 Å². The van der Waals surface area contributed by atoms with Gasteiger partial charge in [-0.15, -0.1) is 0 Å². The molecule has 0 atom stereocenters. The number of allylic oxidation sites excluding steroid dienone is 2. The first-order valence-corrected chi connectivity index (χ1v) is 6.59. The molecular formula is C13H19N5O. The number of dihydropyridines is 1. The van der Waals surface area contributed by atoms with Crippen LogP contribution in [-0.2, 0) is 4.74 Å². The lowest BCUT2D eigenvalue weighted by molar-refractivity contribution is 0.122. The lowest BCUT2D eigenvalue weighted by atomic mass is 10.2. The summed E-state index contributed by atoms with van der Waals surface area (Å²) < 4.78 is 5.34. The molecular weight excluding hydrogens is 242 g/mol. The Bertz CT molecular complexity index is 499. The number of aromatic nitrogens is 2. The second-order valence-electron chi connectivity index (χ2n) is 4.73. The van der Waals surface area contributed by atoms with Crippen LogP contribution in [0.3, 0.4) is 0 Å². The van der Waals surface area contributed by atoms with Gasteiger partial charge in [-0.05, 0) is 19.1 Å². The van der Waals surface area contributed by atoms with Crippen LogP contribution in [0.2, 0.25) is 0 Å². The van der Waals surface area contributed by atoms with Crippen molar-refractivity contribution >= 4 is 11.6 Å². The normalized spacial score (nSPS) is 19.5. The summed E-state index contributed by atoms with van der Waals surface area (Å²) in [7, 11) is 0. The van der Waals surface area contributed by atoms with Gasteiger partial charge in [0.2, 0.25) is 0 Å². The third-order valence-corrected chi connectivity index (χ3v) is 3.25. The number of nitrogens with one attached hydrogen (secondary N) is 3. The quantitative estimate of drug-likeness (QED) is 0.759. The minimum atomic E-state index is 0.772. The highest BCUT2D eigenvalue weighted by molar-refractivity contribution is 5.54. The van der Waals surface area contributed by atoms with Gasteiger partial charge >= 0.3 is 0 Å². The number of H-pyrrole nitrogens is 1. The van der Waals surface area contributed by atoms with Crippen molar-refractivity contribution in [3.8, 4) is 0 Å². The van der Waals surface area contributed by atoms with E-state index < -0.39 is 0 Å². The zero-order valence-electron chi connectivity index (χ0n) is 11.1. The van der Waals surface area contributed by atoms with Gasteiger partial charge in [-0.1, -0.05) is 0 Å². The van der Waals surface area contributed by atoms with E-state index in [0.29, 0.717) is 0 Å². The Hall–Kier alpha value is -1.95. The highest BCUT2D eigenvalue weighted by atomic mass is 16.5. The van der Waals surface area contributed by atoms with E-state index >= 15 is 0 Å². The van der Waals surface area contributed by atoms with Crippen molar-refractivity contribution in [3.05, 3.63) is 29.6 Å². The zero-order chi connectivity index (χ0) is 13.1. The largest absolute Gasteiger partial charge is 0.385 e. The molecule has 102 valence electrons. The van der Waals surface area contributed by atoms with Crippen molar-refractivity contribution in [3.63, 3.8) is 0 Å². The van der Waals surface area contributed by atoms with Gasteiger partial charge < -0.3 is 20.3 Å². The molecule has 3 rings (SSSR count). The fourth-order valence-electron chi connectivity index (χ4n) is 2.24. The van der Waals surface area contributed by atoms with Gasteiger partial charge in [-0.2, -0.15) is 5.10 Å². The van der Waals surface area contributed by atoms with Crippen LogP contribution in [0.15, 0.2) is 29.6 Å². The monoisotopic (exact) mass is 261 g/mol. The predicted octanol–water partition coefficient (Wildman–Crippen LogP) is 1.05. The van der Waals surface area contributed by atoms with E-state index in [0.717, 1.165) is 55.9 Å². The van der Waals surface area contributed by atoms with Crippen molar-refractivity contribution in [2.45, 2.75) is 6.92 Å². The van der Waals surface area contributed by atoms with E-state index in [1.165, 1.54) is 0 Å². The third-order valence-electron chi connectivity index (χ3n) is 3.25. The molecule has 0 saturated carbocycles. The number of hydrogen-bond acceptors (Lipinski definition) is 5. The molecule has 0 aromatic carbocycles. The van der Waals surface area contributed by atoms with Crippen molar-refractivity contribution in [2.75, 3.05) is 43.1 Å². The van der Waals surface area contributed by atoms with Crippen LogP contribution in [0.1, 0.15) is 6.92 Å². The Morgan fingerprint density at radius 1 is 1.37 bits per heavy atom. The standard InChI is InChI=1S/C13H19N5O/c1-10-8-11(2-3-14-10)15-12-9-13(17-16-12)18-4-6-19-7-5-18/h2,8-9,14H,3-7H2,1H3,(H2,15,16,17). The summed E-state index contributed by atoms with van der Waals surface area (Å²) in [6, 6.07) is 2.04. The van der Waals surface area contributed by atoms with Crippen molar-refractivity contribution in [1.29, 1.82) is 0 Å². The molecule has 1 saturated heterocycles. The summed E-state index contributed by atoms with van der Waals surface area (Å²) in [4.78, 5) is 2.23. The van der Waals surface area contributed by atoms with Gasteiger partial charge in [0.1, 0.15) is 5.82 Å². The maximum absolute atomic E-state index is 5.34. The Morgan fingerprint density at radius 3 is 3.00 bits per heavy atom. The summed E-state index contributed by atoms with van der Waals surface area (Å²) in [6.45, 7) is 6.25. The predicted molar refractivity (Wildman–Crippen MR) is 75.1 cm³/mol. The van der Waals surface area contributed by atoms with Crippen LogP contribution < -0.4 is 15.5 Å². The molecule has 19 heavy (non-hydrogen) atoms. The highest BCUT2D eigenvalue weighted by Gasteiger charge is 2.14. The van der Waals surface area contributed by atoms with E-state index in [1.807, 2.05) is 6.07 Å². The fraction of sp³-hybridized carbons (Fsp3) is 0.462. The summed E-state index contributed by atoms with van der Waals surface area (Å²) in [5.74, 6) is 1.89. The molecule has 0 radical (unpaired) electrons. The maximum atomic E-state index is 5.34. The van der Waals surface area contributed by atoms with Crippen LogP contribution in [0.4, 0.5) is 11.6 Å². The Labute approximate surface area is 112 Å². The van der Waals surface area contributed by atoms with Crippen LogP contribution in [0.25, 0.3) is 0 Å². The molecule has 6 heteroatoms. The highest BCUT2D eigenvalue weighted by Crippen LogP contribution is 2.18. The number of nitrogens with zero attached hydrogens (tertiary/aromatic N) is 2. The van der Waals surface area contributed by atoms with Gasteiger partial charge in [-0.25, -0.2) is 0 Å². The first kappa shape index (κ1) is 12.1. The number of rotatable bonds is 3. The molecule has 6 nitrogen and oxygen atoms in total. The topological polar surface area (TPSA) is 65.2 Å². The lowest BCUT2D eigenvalue weighted by Gasteiger charge is -2.26. The molecule has 0 bridgehead atoms. The van der Waals surface area contributed by atoms with Crippen molar-refractivity contribution < 1.29 is 4.74 Å². The van der Waals surface area contributed by atoms with Crippen LogP contribution in [0.5, 0.6) is 0 Å². The van der Waals surface area contributed by atoms with Crippen molar-refractivity contribution in [2.24, 2.45) is 0 Å². The SMILES string of the molecule is CC1=CC(Nc2cc(N3CCOCC3)n[nH]2)=CCN1. The molecule has 2 aliphatic heterocycles. The molecule has 0 unspecified atom stereocenters. The van der Waals surface area contributed by atoms with Gasteiger partial charge in [0.05, 0.1) is 13.2 Å². The molecule has 3 heterocycles. The summed E-state index contributed by atoms with van der Waals surface area (Å²) in [5, 5.41) is 14.0. The van der Waals surface area contributed by atoms with Crippen LogP contribution in [0, 0.1) is 0 Å². The first-order valence-electron chi connectivity index (χ1n) is 6.59. The number of anilines is 2. The van der Waals surface area contributed by atoms with E-state index in [9.17, 15) is 0 Å². The van der Waals surface area contributed by atoms with Gasteiger partial charge in [0, 0.05) is 37.1 Å². The molecule has 2 aliphatic rings. The van der Waals surface area contributed by atoms with E-state index in [1.54, 1.807) is 0 Å². The number of morpholine rings is 1. The van der Waals surface area contributed by atoms with Gasteiger partial charge in [0.25, 0.3) is 0 Å². The average molecular weight is 261 g/mol. The Kier molecular flexibility index (Phi) is 3.41. The smallest absolute Gasteiger partial charge is 0.152 e. The number of ether oxygens (including phenoxy) is 1. The Morgan fingerprint density at radius 2 is 2.21 bits per heavy atom. The maximum Gasteiger partial charge on any atom is 0.152 e. The third kappa shape index (κ3) is 2.90. The summed E-state index contributed by atoms with van der Waals surface area (Å²) >= 11 is 0. The second kappa shape index (κ2) is 5.36. The molecule has 1 aromatic rings. The molecule has 0 amide bonds. The van der Waals surface area contributed by atoms with Crippen LogP contribution in [-0.4, -0.2) is 43.0 Å². The zero-order valence-corrected chi connectivity index (χ0v) is 11.1. The number of hydrogen-bond donors (Lipinski definition) is 3. The fourth-order valence-corrected chi connectivity index (χ4v) is 2.24. The molecule has 1 fully saturated rings. The minimum absolute atomic E-state index is 0.772. The molecule has 1 aromatic heterocycles. The van der Waals surface area contributed by atoms with Gasteiger partial charge in [0.15, 0.2) is 5.82 Å². The molecule has 3 N–H and O–H groups in total. The number of aromatic amines is 1. The molecule has 0 spiro atoms. The Balaban J connectivity index is 1.66. The van der Waals surface area contributed by atoms with E-state index in [4.69, 9.17) is 4.74 Å².